The van der Waals surface area contributed by atoms with E-state index in [4.69, 9.17) is 15.2 Å². The molecular weight excluding hydrogens is 214 g/mol. The molecule has 3 heteroatoms. The van der Waals surface area contributed by atoms with Gasteiger partial charge in [-0.25, -0.2) is 0 Å². The summed E-state index contributed by atoms with van der Waals surface area (Å²) in [5.74, 6) is 0. The predicted octanol–water partition coefficient (Wildman–Crippen LogP) is 2.30. The Morgan fingerprint density at radius 2 is 1.71 bits per heavy atom. The van der Waals surface area contributed by atoms with Gasteiger partial charge >= 0.3 is 0 Å². The van der Waals surface area contributed by atoms with Gasteiger partial charge in [-0.05, 0) is 24.5 Å². The number of hydrogen-bond acceptors (Lipinski definition) is 3. The third-order valence-corrected chi connectivity index (χ3v) is 2.69. The molecule has 96 valence electrons. The Hall–Kier alpha value is -0.900. The molecule has 0 radical (unpaired) electrons. The Kier molecular flexibility index (Phi) is 6.86. The molecule has 0 saturated heterocycles. The largest absolute Gasteiger partial charge is 0.379 e. The minimum absolute atomic E-state index is 0.0532. The smallest absolute Gasteiger partial charge is 0.0701 e. The molecule has 0 aliphatic carbocycles. The van der Waals surface area contributed by atoms with Crippen LogP contribution in [0, 0.1) is 0 Å². The first-order chi connectivity index (χ1) is 8.27. The summed E-state index contributed by atoms with van der Waals surface area (Å²) in [5.41, 5.74) is 8.49. The van der Waals surface area contributed by atoms with E-state index in [1.165, 1.54) is 5.56 Å². The Morgan fingerprint density at radius 3 is 2.29 bits per heavy atom. The second kappa shape index (κ2) is 8.23. The summed E-state index contributed by atoms with van der Waals surface area (Å²) in [6.45, 7) is 6.63. The summed E-state index contributed by atoms with van der Waals surface area (Å²) in [6.07, 6.45) is 1.06. The van der Waals surface area contributed by atoms with Crippen LogP contribution in [0.15, 0.2) is 24.3 Å². The molecule has 3 nitrogen and oxygen atoms in total. The van der Waals surface area contributed by atoms with Crippen molar-refractivity contribution in [2.75, 3.05) is 26.4 Å². The van der Waals surface area contributed by atoms with E-state index in [0.717, 1.165) is 18.6 Å². The molecule has 0 heterocycles. The van der Waals surface area contributed by atoms with E-state index in [2.05, 4.69) is 31.2 Å². The molecule has 0 saturated carbocycles. The lowest BCUT2D eigenvalue weighted by atomic mass is 10.1. The highest BCUT2D eigenvalue weighted by atomic mass is 16.5. The van der Waals surface area contributed by atoms with Gasteiger partial charge in [-0.3, -0.25) is 0 Å². The van der Waals surface area contributed by atoms with E-state index in [1.54, 1.807) is 0 Å². The fourth-order valence-corrected chi connectivity index (χ4v) is 1.57. The lowest BCUT2D eigenvalue weighted by molar-refractivity contribution is 0.0473. The van der Waals surface area contributed by atoms with Gasteiger partial charge in [0.15, 0.2) is 0 Å². The van der Waals surface area contributed by atoms with Crippen molar-refractivity contribution in [3.8, 4) is 0 Å². The maximum Gasteiger partial charge on any atom is 0.0701 e. The van der Waals surface area contributed by atoms with Crippen LogP contribution in [0.5, 0.6) is 0 Å². The van der Waals surface area contributed by atoms with Crippen molar-refractivity contribution in [2.24, 2.45) is 5.73 Å². The Bertz CT molecular complexity index is 298. The second-order valence-corrected chi connectivity index (χ2v) is 3.97. The van der Waals surface area contributed by atoms with E-state index < -0.39 is 0 Å². The van der Waals surface area contributed by atoms with Crippen molar-refractivity contribution in [1.82, 2.24) is 0 Å². The van der Waals surface area contributed by atoms with Gasteiger partial charge in [0.1, 0.15) is 0 Å². The van der Waals surface area contributed by atoms with Crippen LogP contribution in [0.25, 0.3) is 0 Å². The maximum atomic E-state index is 6.04. The standard InChI is InChI=1S/C14H23NO2/c1-3-12-5-7-13(8-6-12)14(15)11-17-10-9-16-4-2/h5-8,14H,3-4,9-11,15H2,1-2H3. The van der Waals surface area contributed by atoms with Crippen molar-refractivity contribution < 1.29 is 9.47 Å². The van der Waals surface area contributed by atoms with Gasteiger partial charge in [0.05, 0.1) is 25.9 Å². The lowest BCUT2D eigenvalue weighted by Gasteiger charge is -2.13. The molecule has 1 aromatic rings. The van der Waals surface area contributed by atoms with Gasteiger partial charge in [-0.1, -0.05) is 31.2 Å². The van der Waals surface area contributed by atoms with Crippen molar-refractivity contribution in [3.05, 3.63) is 35.4 Å². The third-order valence-electron chi connectivity index (χ3n) is 2.69. The zero-order chi connectivity index (χ0) is 12.5. The number of nitrogens with two attached hydrogens (primary N) is 1. The van der Waals surface area contributed by atoms with E-state index in [-0.39, 0.29) is 6.04 Å². The van der Waals surface area contributed by atoms with E-state index >= 15 is 0 Å². The zero-order valence-corrected chi connectivity index (χ0v) is 10.8. The quantitative estimate of drug-likeness (QED) is 0.706. The summed E-state index contributed by atoms with van der Waals surface area (Å²) >= 11 is 0. The van der Waals surface area contributed by atoms with Crippen LogP contribution in [-0.4, -0.2) is 26.4 Å². The first-order valence-electron chi connectivity index (χ1n) is 6.27. The molecule has 0 aromatic heterocycles. The fourth-order valence-electron chi connectivity index (χ4n) is 1.57. The molecule has 0 aliphatic rings. The van der Waals surface area contributed by atoms with Crippen molar-refractivity contribution >= 4 is 0 Å². The Balaban J connectivity index is 2.28. The van der Waals surface area contributed by atoms with Crippen molar-refractivity contribution in [1.29, 1.82) is 0 Å². The zero-order valence-electron chi connectivity index (χ0n) is 10.8. The van der Waals surface area contributed by atoms with Gasteiger partial charge in [-0.15, -0.1) is 0 Å². The Morgan fingerprint density at radius 1 is 1.06 bits per heavy atom. The fraction of sp³-hybridized carbons (Fsp3) is 0.571. The normalized spacial score (nSPS) is 12.6. The molecule has 0 bridgehead atoms. The molecule has 2 N–H and O–H groups in total. The van der Waals surface area contributed by atoms with Crippen LogP contribution in [0.4, 0.5) is 0 Å². The molecule has 0 amide bonds. The summed E-state index contributed by atoms with van der Waals surface area (Å²) in [5, 5.41) is 0. The highest BCUT2D eigenvalue weighted by Gasteiger charge is 2.05. The van der Waals surface area contributed by atoms with Gasteiger partial charge in [-0.2, -0.15) is 0 Å². The molecular formula is C14H23NO2. The average Bonchev–Trinajstić information content (AvgIpc) is 2.38. The summed E-state index contributed by atoms with van der Waals surface area (Å²) in [4.78, 5) is 0. The van der Waals surface area contributed by atoms with E-state index in [1.807, 2.05) is 6.92 Å². The van der Waals surface area contributed by atoms with Crippen LogP contribution in [0.3, 0.4) is 0 Å². The first-order valence-corrected chi connectivity index (χ1v) is 6.27. The van der Waals surface area contributed by atoms with Gasteiger partial charge in [0.2, 0.25) is 0 Å². The molecule has 0 fully saturated rings. The number of hydrogen-bond donors (Lipinski definition) is 1. The van der Waals surface area contributed by atoms with Gasteiger partial charge in [0.25, 0.3) is 0 Å². The van der Waals surface area contributed by atoms with Crippen molar-refractivity contribution in [2.45, 2.75) is 26.3 Å². The minimum Gasteiger partial charge on any atom is -0.379 e. The van der Waals surface area contributed by atoms with Crippen LogP contribution < -0.4 is 5.73 Å². The summed E-state index contributed by atoms with van der Waals surface area (Å²) < 4.78 is 10.6. The van der Waals surface area contributed by atoms with Crippen LogP contribution >= 0.6 is 0 Å². The average molecular weight is 237 g/mol. The third kappa shape index (κ3) is 5.31. The topological polar surface area (TPSA) is 44.5 Å². The van der Waals surface area contributed by atoms with Crippen molar-refractivity contribution in [3.63, 3.8) is 0 Å². The monoisotopic (exact) mass is 237 g/mol. The summed E-state index contributed by atoms with van der Waals surface area (Å²) in [6, 6.07) is 8.35. The SMILES string of the molecule is CCOCCOCC(N)c1ccc(CC)cc1. The molecule has 17 heavy (non-hydrogen) atoms. The first kappa shape index (κ1) is 14.2. The predicted molar refractivity (Wildman–Crippen MR) is 70.1 cm³/mol. The molecule has 0 aliphatic heterocycles. The molecule has 1 unspecified atom stereocenters. The van der Waals surface area contributed by atoms with Gasteiger partial charge in [0, 0.05) is 6.61 Å². The second-order valence-electron chi connectivity index (χ2n) is 3.97. The number of benzene rings is 1. The molecule has 1 atom stereocenters. The minimum atomic E-state index is -0.0532. The maximum absolute atomic E-state index is 6.04. The highest BCUT2D eigenvalue weighted by Crippen LogP contribution is 2.12. The number of aryl methyl sites for hydroxylation is 1. The Labute approximate surface area is 104 Å². The summed E-state index contributed by atoms with van der Waals surface area (Å²) in [7, 11) is 0. The van der Waals surface area contributed by atoms with Gasteiger partial charge < -0.3 is 15.2 Å². The molecule has 0 spiro atoms. The van der Waals surface area contributed by atoms with E-state index in [9.17, 15) is 0 Å². The highest BCUT2D eigenvalue weighted by molar-refractivity contribution is 5.24. The molecule has 1 aromatic carbocycles. The van der Waals surface area contributed by atoms with E-state index in [0.29, 0.717) is 19.8 Å². The number of rotatable bonds is 8. The molecule has 1 rings (SSSR count). The van der Waals surface area contributed by atoms with Crippen LogP contribution in [-0.2, 0) is 15.9 Å². The lowest BCUT2D eigenvalue weighted by Crippen LogP contribution is -2.18. The van der Waals surface area contributed by atoms with Crippen LogP contribution in [0.1, 0.15) is 31.0 Å². The number of ether oxygens (including phenoxy) is 2. The van der Waals surface area contributed by atoms with Crippen LogP contribution in [0.2, 0.25) is 0 Å².